The van der Waals surface area contributed by atoms with Gasteiger partial charge in [-0.2, -0.15) is 0 Å². The van der Waals surface area contributed by atoms with Gasteiger partial charge in [0.25, 0.3) is 0 Å². The fraction of sp³-hybridized carbons (Fsp3) is 0.250. The molecule has 0 fully saturated rings. The first kappa shape index (κ1) is 22.3. The Labute approximate surface area is 204 Å². The Balaban J connectivity index is 1.50. The topological polar surface area (TPSA) is 15.3 Å². The van der Waals surface area contributed by atoms with Gasteiger partial charge in [0.15, 0.2) is 0 Å². The van der Waals surface area contributed by atoms with Crippen molar-refractivity contribution in [1.29, 1.82) is 0 Å². The second kappa shape index (κ2) is 8.68. The summed E-state index contributed by atoms with van der Waals surface area (Å²) >= 11 is 0. The minimum absolute atomic E-state index is 0.196. The molecule has 0 heterocycles. The first-order valence-corrected chi connectivity index (χ1v) is 12.3. The van der Waals surface area contributed by atoms with E-state index in [1.807, 2.05) is 0 Å². The standard InChI is InChI=1S/C32H34N2/c1-31(2)20-21-32(3,4)30-23-25(18-19-29(30)31)33-24-12-11-17-28(22-24)34(26-13-7-5-8-14-26)27-15-9-6-10-16-27/h5-19,22-23,33H,20-21H2,1-4H3. The van der Waals surface area contributed by atoms with Gasteiger partial charge >= 0.3 is 0 Å². The zero-order valence-electron chi connectivity index (χ0n) is 20.7. The maximum absolute atomic E-state index is 3.69. The Kier molecular flexibility index (Phi) is 5.69. The van der Waals surface area contributed by atoms with Gasteiger partial charge in [0.2, 0.25) is 0 Å². The van der Waals surface area contributed by atoms with Gasteiger partial charge in [-0.3, -0.25) is 0 Å². The third-order valence-corrected chi connectivity index (χ3v) is 7.27. The zero-order chi connectivity index (χ0) is 23.8. The molecule has 0 aromatic heterocycles. The molecule has 2 nitrogen and oxygen atoms in total. The van der Waals surface area contributed by atoms with Crippen LogP contribution >= 0.6 is 0 Å². The summed E-state index contributed by atoms with van der Waals surface area (Å²) in [5.74, 6) is 0. The van der Waals surface area contributed by atoms with Crippen molar-refractivity contribution >= 4 is 28.4 Å². The van der Waals surface area contributed by atoms with Crippen molar-refractivity contribution < 1.29 is 0 Å². The van der Waals surface area contributed by atoms with Crippen LogP contribution in [0.1, 0.15) is 51.7 Å². The molecule has 0 radical (unpaired) electrons. The lowest BCUT2D eigenvalue weighted by Gasteiger charge is -2.42. The highest BCUT2D eigenvalue weighted by molar-refractivity contribution is 5.79. The second-order valence-electron chi connectivity index (χ2n) is 10.7. The maximum atomic E-state index is 3.69. The summed E-state index contributed by atoms with van der Waals surface area (Å²) in [7, 11) is 0. The van der Waals surface area contributed by atoms with E-state index in [2.05, 4.69) is 141 Å². The third kappa shape index (κ3) is 4.33. The normalized spacial score (nSPS) is 15.9. The van der Waals surface area contributed by atoms with Gasteiger partial charge in [-0.15, -0.1) is 0 Å². The number of para-hydroxylation sites is 2. The molecule has 0 spiro atoms. The largest absolute Gasteiger partial charge is 0.355 e. The van der Waals surface area contributed by atoms with Crippen LogP contribution in [0.4, 0.5) is 28.4 Å². The summed E-state index contributed by atoms with van der Waals surface area (Å²) in [4.78, 5) is 2.30. The highest BCUT2D eigenvalue weighted by atomic mass is 15.1. The van der Waals surface area contributed by atoms with Crippen molar-refractivity contribution in [2.45, 2.75) is 51.4 Å². The van der Waals surface area contributed by atoms with Crippen molar-refractivity contribution in [2.24, 2.45) is 0 Å². The van der Waals surface area contributed by atoms with E-state index in [1.165, 1.54) is 24.0 Å². The maximum Gasteiger partial charge on any atom is 0.0482 e. The van der Waals surface area contributed by atoms with Gasteiger partial charge in [-0.1, -0.05) is 76.2 Å². The molecule has 2 heteroatoms. The summed E-state index contributed by atoms with van der Waals surface area (Å²) in [6.45, 7) is 9.50. The number of benzene rings is 4. The Morgan fingerprint density at radius 3 is 1.68 bits per heavy atom. The minimum atomic E-state index is 0.196. The summed E-state index contributed by atoms with van der Waals surface area (Å²) in [6.07, 6.45) is 2.45. The fourth-order valence-corrected chi connectivity index (χ4v) is 5.16. The molecule has 0 unspecified atom stereocenters. The molecule has 0 atom stereocenters. The molecule has 0 bridgehead atoms. The summed E-state index contributed by atoms with van der Waals surface area (Å²) in [5, 5.41) is 3.69. The molecule has 1 aliphatic carbocycles. The van der Waals surface area contributed by atoms with Gasteiger partial charge in [0, 0.05) is 28.4 Å². The lowest BCUT2D eigenvalue weighted by atomic mass is 9.63. The number of rotatable bonds is 5. The van der Waals surface area contributed by atoms with Gasteiger partial charge in [0.05, 0.1) is 0 Å². The van der Waals surface area contributed by atoms with Gasteiger partial charge < -0.3 is 10.2 Å². The predicted molar refractivity (Wildman–Crippen MR) is 146 cm³/mol. The molecule has 0 amide bonds. The van der Waals surface area contributed by atoms with E-state index in [0.29, 0.717) is 0 Å². The van der Waals surface area contributed by atoms with E-state index in [0.717, 1.165) is 28.4 Å². The van der Waals surface area contributed by atoms with Crippen LogP contribution in [0.15, 0.2) is 103 Å². The van der Waals surface area contributed by atoms with Crippen molar-refractivity contribution in [3.63, 3.8) is 0 Å². The Bertz CT molecular complexity index is 1230. The van der Waals surface area contributed by atoms with Crippen LogP contribution in [-0.4, -0.2) is 0 Å². The van der Waals surface area contributed by atoms with Crippen LogP contribution in [0.5, 0.6) is 0 Å². The highest BCUT2D eigenvalue weighted by Gasteiger charge is 2.36. The minimum Gasteiger partial charge on any atom is -0.355 e. The van der Waals surface area contributed by atoms with Crippen LogP contribution in [0.2, 0.25) is 0 Å². The molecule has 0 saturated heterocycles. The summed E-state index contributed by atoms with van der Waals surface area (Å²) < 4.78 is 0. The highest BCUT2D eigenvalue weighted by Crippen LogP contribution is 2.46. The predicted octanol–water partition coefficient (Wildman–Crippen LogP) is 9.25. The monoisotopic (exact) mass is 446 g/mol. The van der Waals surface area contributed by atoms with Crippen LogP contribution < -0.4 is 10.2 Å². The van der Waals surface area contributed by atoms with Crippen LogP contribution in [0.3, 0.4) is 0 Å². The molecule has 1 N–H and O–H groups in total. The number of hydrogen-bond acceptors (Lipinski definition) is 2. The van der Waals surface area contributed by atoms with Crippen molar-refractivity contribution in [1.82, 2.24) is 0 Å². The molecule has 0 saturated carbocycles. The molecule has 5 rings (SSSR count). The van der Waals surface area contributed by atoms with Gasteiger partial charge in [0.1, 0.15) is 0 Å². The average Bonchev–Trinajstić information content (AvgIpc) is 2.84. The molecule has 172 valence electrons. The quantitative estimate of drug-likeness (QED) is 0.328. The summed E-state index contributed by atoms with van der Waals surface area (Å²) in [5.41, 5.74) is 9.03. The Hall–Kier alpha value is -3.52. The van der Waals surface area contributed by atoms with E-state index in [9.17, 15) is 0 Å². The molecule has 4 aromatic rings. The lowest BCUT2D eigenvalue weighted by molar-refractivity contribution is 0.332. The fourth-order valence-electron chi connectivity index (χ4n) is 5.16. The Morgan fingerprint density at radius 1 is 0.529 bits per heavy atom. The SMILES string of the molecule is CC1(C)CCC(C)(C)c2cc(Nc3cccc(N(c4ccccc4)c4ccccc4)c3)ccc21. The summed E-state index contributed by atoms with van der Waals surface area (Å²) in [6, 6.07) is 36.7. The number of nitrogens with zero attached hydrogens (tertiary/aromatic N) is 1. The number of anilines is 5. The van der Waals surface area contributed by atoms with Crippen molar-refractivity contribution in [3.05, 3.63) is 114 Å². The van der Waals surface area contributed by atoms with E-state index in [-0.39, 0.29) is 10.8 Å². The van der Waals surface area contributed by atoms with E-state index >= 15 is 0 Å². The van der Waals surface area contributed by atoms with E-state index in [4.69, 9.17) is 0 Å². The molecular formula is C32H34N2. The average molecular weight is 447 g/mol. The first-order chi connectivity index (χ1) is 16.3. The number of fused-ring (bicyclic) bond motifs is 1. The van der Waals surface area contributed by atoms with E-state index in [1.54, 1.807) is 0 Å². The zero-order valence-corrected chi connectivity index (χ0v) is 20.7. The first-order valence-electron chi connectivity index (χ1n) is 12.3. The van der Waals surface area contributed by atoms with Crippen LogP contribution in [0, 0.1) is 0 Å². The molecule has 4 aromatic carbocycles. The van der Waals surface area contributed by atoms with Crippen molar-refractivity contribution in [3.8, 4) is 0 Å². The van der Waals surface area contributed by atoms with Crippen LogP contribution in [-0.2, 0) is 10.8 Å². The molecule has 0 aliphatic heterocycles. The molecule has 34 heavy (non-hydrogen) atoms. The number of nitrogens with one attached hydrogen (secondary N) is 1. The molecular weight excluding hydrogens is 412 g/mol. The smallest absolute Gasteiger partial charge is 0.0482 e. The number of hydrogen-bond donors (Lipinski definition) is 1. The van der Waals surface area contributed by atoms with Gasteiger partial charge in [-0.05, 0) is 89.4 Å². The van der Waals surface area contributed by atoms with Gasteiger partial charge in [-0.25, -0.2) is 0 Å². The molecule has 1 aliphatic rings. The second-order valence-corrected chi connectivity index (χ2v) is 10.7. The third-order valence-electron chi connectivity index (χ3n) is 7.27. The van der Waals surface area contributed by atoms with E-state index < -0.39 is 0 Å². The lowest BCUT2D eigenvalue weighted by Crippen LogP contribution is -2.33. The van der Waals surface area contributed by atoms with Crippen LogP contribution in [0.25, 0.3) is 0 Å². The Morgan fingerprint density at radius 2 is 1.06 bits per heavy atom. The van der Waals surface area contributed by atoms with Crippen molar-refractivity contribution in [2.75, 3.05) is 10.2 Å².